The molecule has 0 aliphatic heterocycles. The number of carbonyl (C=O) groups excluding carboxylic acids is 1. The van der Waals surface area contributed by atoms with E-state index in [0.29, 0.717) is 27.8 Å². The van der Waals surface area contributed by atoms with Crippen LogP contribution in [0.4, 0.5) is 14.5 Å². The molecule has 1 aromatic heterocycles. The lowest BCUT2D eigenvalue weighted by Gasteiger charge is -2.19. The predicted molar refractivity (Wildman–Crippen MR) is 138 cm³/mol. The van der Waals surface area contributed by atoms with Crippen LogP contribution in [-0.4, -0.2) is 27.1 Å². The Balaban J connectivity index is 1.39. The summed E-state index contributed by atoms with van der Waals surface area (Å²) in [5.41, 5.74) is 2.94. The zero-order valence-corrected chi connectivity index (χ0v) is 20.6. The van der Waals surface area contributed by atoms with Gasteiger partial charge in [0, 0.05) is 39.8 Å². The number of aliphatic hydroxyl groups excluding tert-OH is 1. The Labute approximate surface area is 217 Å². The number of aliphatic hydroxyl groups is 1. The Kier molecular flexibility index (Phi) is 8.11. The largest absolute Gasteiger partial charge is 0.471 e. The topological polar surface area (TPSA) is 84.3 Å². The first-order valence-corrected chi connectivity index (χ1v) is 11.8. The summed E-state index contributed by atoms with van der Waals surface area (Å²) in [5.74, 6) is -3.31. The lowest BCUT2D eigenvalue weighted by atomic mass is 10.0. The number of nitrogens with one attached hydrogen (secondary N) is 1. The van der Waals surface area contributed by atoms with E-state index in [1.165, 1.54) is 30.5 Å². The van der Waals surface area contributed by atoms with Crippen molar-refractivity contribution in [2.24, 2.45) is 0 Å². The molecule has 190 valence electrons. The van der Waals surface area contributed by atoms with Gasteiger partial charge in [-0.1, -0.05) is 66.2 Å². The molecule has 4 rings (SSSR count). The van der Waals surface area contributed by atoms with Gasteiger partial charge in [-0.15, -0.1) is 0 Å². The van der Waals surface area contributed by atoms with E-state index in [4.69, 9.17) is 16.3 Å². The maximum Gasteiger partial charge on any atom is 0.298 e. The number of amides is 1. The van der Waals surface area contributed by atoms with E-state index >= 15 is 0 Å². The molecular formula is C28H24ClF2N3O3. The third-order valence-corrected chi connectivity index (χ3v) is 6.03. The van der Waals surface area contributed by atoms with E-state index in [1.54, 1.807) is 36.5 Å². The van der Waals surface area contributed by atoms with Crippen molar-refractivity contribution in [2.45, 2.75) is 32.0 Å². The number of rotatable bonds is 9. The molecule has 0 aliphatic rings. The first kappa shape index (κ1) is 26.2. The van der Waals surface area contributed by atoms with Gasteiger partial charge in [0.25, 0.3) is 5.92 Å². The van der Waals surface area contributed by atoms with Crippen molar-refractivity contribution in [3.63, 3.8) is 0 Å². The first-order valence-electron chi connectivity index (χ1n) is 11.5. The molecule has 1 unspecified atom stereocenters. The Bertz CT molecular complexity index is 1360. The van der Waals surface area contributed by atoms with E-state index < -0.39 is 12.0 Å². The van der Waals surface area contributed by atoms with Crippen molar-refractivity contribution >= 4 is 23.2 Å². The van der Waals surface area contributed by atoms with Gasteiger partial charge >= 0.3 is 0 Å². The van der Waals surface area contributed by atoms with Crippen LogP contribution in [0.2, 0.25) is 5.02 Å². The van der Waals surface area contributed by atoms with Gasteiger partial charge < -0.3 is 15.2 Å². The standard InChI is InChI=1S/C28H24ClF2N3O3/c1-18(35)28(30,31)22-10-6-19(7-11-22)16-25(36)34-23-12-8-20(9-13-23)26-27(33-15-14-32-26)37-17-21-4-2-3-5-24(21)29/h2-15,18,35H,16-17H2,1H3,(H,34,36). The second-order valence-electron chi connectivity index (χ2n) is 8.39. The maximum absolute atomic E-state index is 13.9. The number of aromatic nitrogens is 2. The van der Waals surface area contributed by atoms with E-state index in [0.717, 1.165) is 18.1 Å². The molecule has 0 bridgehead atoms. The number of benzene rings is 3. The SMILES string of the molecule is CC(O)C(F)(F)c1ccc(CC(=O)Nc2ccc(-c3nccnc3OCc3ccccc3Cl)cc2)cc1. The molecule has 3 aromatic carbocycles. The second kappa shape index (κ2) is 11.5. The molecule has 0 spiro atoms. The number of hydrogen-bond acceptors (Lipinski definition) is 5. The summed E-state index contributed by atoms with van der Waals surface area (Å²) in [6.07, 6.45) is 1.30. The van der Waals surface area contributed by atoms with Crippen LogP contribution in [0.25, 0.3) is 11.3 Å². The number of alkyl halides is 2. The monoisotopic (exact) mass is 523 g/mol. The van der Waals surface area contributed by atoms with Crippen molar-refractivity contribution in [1.82, 2.24) is 9.97 Å². The number of ether oxygens (including phenoxy) is 1. The summed E-state index contributed by atoms with van der Waals surface area (Å²) in [4.78, 5) is 21.2. The summed E-state index contributed by atoms with van der Waals surface area (Å²) in [6.45, 7) is 1.27. The molecule has 2 N–H and O–H groups in total. The Morgan fingerprint density at radius 3 is 2.38 bits per heavy atom. The molecule has 1 heterocycles. The molecule has 0 saturated heterocycles. The minimum absolute atomic E-state index is 0.00642. The molecule has 0 aliphatic carbocycles. The molecule has 9 heteroatoms. The maximum atomic E-state index is 13.9. The van der Waals surface area contributed by atoms with E-state index in [1.807, 2.05) is 18.2 Å². The minimum atomic E-state index is -3.36. The summed E-state index contributed by atoms with van der Waals surface area (Å²) >= 11 is 6.20. The number of halogens is 3. The van der Waals surface area contributed by atoms with Gasteiger partial charge in [-0.25, -0.2) is 9.97 Å². The molecule has 0 saturated carbocycles. The number of anilines is 1. The zero-order chi connectivity index (χ0) is 26.4. The molecular weight excluding hydrogens is 500 g/mol. The van der Waals surface area contributed by atoms with Crippen LogP contribution in [0.3, 0.4) is 0 Å². The summed E-state index contributed by atoms with van der Waals surface area (Å²) in [7, 11) is 0. The van der Waals surface area contributed by atoms with Gasteiger partial charge in [0.05, 0.1) is 6.42 Å². The number of carbonyl (C=O) groups is 1. The van der Waals surface area contributed by atoms with Gasteiger partial charge in [-0.2, -0.15) is 8.78 Å². The number of nitrogens with zero attached hydrogens (tertiary/aromatic N) is 2. The van der Waals surface area contributed by atoms with Crippen molar-refractivity contribution < 1.29 is 23.4 Å². The fraction of sp³-hybridized carbons (Fsp3) is 0.179. The normalized spacial score (nSPS) is 12.1. The van der Waals surface area contributed by atoms with Gasteiger partial charge in [0.2, 0.25) is 11.8 Å². The summed E-state index contributed by atoms with van der Waals surface area (Å²) < 4.78 is 33.7. The number of hydrogen-bond donors (Lipinski definition) is 2. The molecule has 37 heavy (non-hydrogen) atoms. The van der Waals surface area contributed by atoms with Crippen molar-refractivity contribution in [1.29, 1.82) is 0 Å². The van der Waals surface area contributed by atoms with Gasteiger partial charge in [0.1, 0.15) is 18.4 Å². The zero-order valence-electron chi connectivity index (χ0n) is 19.9. The van der Waals surface area contributed by atoms with Crippen LogP contribution in [0.15, 0.2) is 85.2 Å². The molecule has 0 radical (unpaired) electrons. The van der Waals surface area contributed by atoms with Crippen LogP contribution >= 0.6 is 11.6 Å². The van der Waals surface area contributed by atoms with Crippen LogP contribution in [0.5, 0.6) is 5.88 Å². The third-order valence-electron chi connectivity index (χ3n) is 5.66. The molecule has 0 fully saturated rings. The minimum Gasteiger partial charge on any atom is -0.471 e. The first-order chi connectivity index (χ1) is 17.7. The van der Waals surface area contributed by atoms with E-state index in [2.05, 4.69) is 15.3 Å². The predicted octanol–water partition coefficient (Wildman–Crippen LogP) is 6.03. The highest BCUT2D eigenvalue weighted by atomic mass is 35.5. The molecule has 1 atom stereocenters. The summed E-state index contributed by atoms with van der Waals surface area (Å²) in [5, 5.41) is 12.7. The van der Waals surface area contributed by atoms with Crippen molar-refractivity contribution in [2.75, 3.05) is 5.32 Å². The van der Waals surface area contributed by atoms with Gasteiger partial charge in [0.15, 0.2) is 0 Å². The fourth-order valence-corrected chi connectivity index (χ4v) is 3.77. The summed E-state index contributed by atoms with van der Waals surface area (Å²) in [6, 6.07) is 19.7. The van der Waals surface area contributed by atoms with Crippen LogP contribution < -0.4 is 10.1 Å². The Morgan fingerprint density at radius 2 is 1.70 bits per heavy atom. The van der Waals surface area contributed by atoms with Crippen molar-refractivity contribution in [3.8, 4) is 17.1 Å². The van der Waals surface area contributed by atoms with Crippen LogP contribution in [0, 0.1) is 0 Å². The average molecular weight is 524 g/mol. The second-order valence-corrected chi connectivity index (χ2v) is 8.80. The molecule has 4 aromatic rings. The highest BCUT2D eigenvalue weighted by Crippen LogP contribution is 2.32. The van der Waals surface area contributed by atoms with Crippen LogP contribution in [-0.2, 0) is 23.7 Å². The highest BCUT2D eigenvalue weighted by Gasteiger charge is 2.37. The molecule has 6 nitrogen and oxygen atoms in total. The third kappa shape index (κ3) is 6.47. The van der Waals surface area contributed by atoms with Gasteiger partial charge in [-0.3, -0.25) is 4.79 Å². The highest BCUT2D eigenvalue weighted by molar-refractivity contribution is 6.31. The molecule has 1 amide bonds. The van der Waals surface area contributed by atoms with E-state index in [9.17, 15) is 18.7 Å². The lowest BCUT2D eigenvalue weighted by molar-refractivity contribution is -0.115. The van der Waals surface area contributed by atoms with E-state index in [-0.39, 0.29) is 24.5 Å². The lowest BCUT2D eigenvalue weighted by Crippen LogP contribution is -2.27. The fourth-order valence-electron chi connectivity index (χ4n) is 3.58. The van der Waals surface area contributed by atoms with Gasteiger partial charge in [-0.05, 0) is 30.7 Å². The van der Waals surface area contributed by atoms with Crippen molar-refractivity contribution in [3.05, 3.63) is 107 Å². The average Bonchev–Trinajstić information content (AvgIpc) is 2.89. The smallest absolute Gasteiger partial charge is 0.298 e. The Hall–Kier alpha value is -3.88. The quantitative estimate of drug-likeness (QED) is 0.280. The Morgan fingerprint density at radius 1 is 1.03 bits per heavy atom. The van der Waals surface area contributed by atoms with Crippen LogP contribution in [0.1, 0.15) is 23.6 Å².